The molecular formula is C43H70N6O6. The Morgan fingerprint density at radius 1 is 0.800 bits per heavy atom. The van der Waals surface area contributed by atoms with Gasteiger partial charge in [0.15, 0.2) is 0 Å². The maximum Gasteiger partial charge on any atom is 0.289 e. The summed E-state index contributed by atoms with van der Waals surface area (Å²) in [6.07, 6.45) is 10.8. The first-order chi connectivity index (χ1) is 25.7. The van der Waals surface area contributed by atoms with Crippen LogP contribution in [0.25, 0.3) is 0 Å². The summed E-state index contributed by atoms with van der Waals surface area (Å²) in [4.78, 5) is 87.8. The summed E-state index contributed by atoms with van der Waals surface area (Å²) in [6.45, 7) is 19.6. The lowest BCUT2D eigenvalue weighted by Crippen LogP contribution is -2.66. The molecule has 2 saturated heterocycles. The third-order valence-corrected chi connectivity index (χ3v) is 14.7. The lowest BCUT2D eigenvalue weighted by atomic mass is 9.74. The minimum absolute atomic E-state index is 0.0163. The number of nitrogens with zero attached hydrogens (tertiary/aromatic N) is 2. The van der Waals surface area contributed by atoms with E-state index in [0.717, 1.165) is 70.8 Å². The van der Waals surface area contributed by atoms with Gasteiger partial charge in [0.1, 0.15) is 18.1 Å². The van der Waals surface area contributed by atoms with Crippen LogP contribution in [0.5, 0.6) is 0 Å². The fraction of sp³-hybridized carbons (Fsp3) is 0.860. The van der Waals surface area contributed by atoms with E-state index in [2.05, 4.69) is 60.8 Å². The number of nitrogens with one attached hydrogen (secondary N) is 4. The highest BCUT2D eigenvalue weighted by Gasteiger charge is 2.78. The molecule has 6 aliphatic rings. The molecule has 308 valence electrons. The van der Waals surface area contributed by atoms with Crippen molar-refractivity contribution in [2.45, 2.75) is 188 Å². The number of ketones is 1. The van der Waals surface area contributed by atoms with Crippen molar-refractivity contribution in [3.63, 3.8) is 0 Å². The Kier molecular flexibility index (Phi) is 11.6. The van der Waals surface area contributed by atoms with E-state index < -0.39 is 47.2 Å². The molecule has 6 fully saturated rings. The molecule has 5 unspecified atom stereocenters. The third kappa shape index (κ3) is 8.09. The van der Waals surface area contributed by atoms with Gasteiger partial charge in [-0.1, -0.05) is 67.2 Å². The molecule has 6 rings (SSSR count). The van der Waals surface area contributed by atoms with Crippen LogP contribution < -0.4 is 21.3 Å². The minimum Gasteiger partial charge on any atom is -0.347 e. The van der Waals surface area contributed by atoms with E-state index in [1.165, 1.54) is 0 Å². The molecule has 12 heteroatoms. The van der Waals surface area contributed by atoms with E-state index in [-0.39, 0.29) is 52.1 Å². The highest BCUT2D eigenvalue weighted by molar-refractivity contribution is 6.38. The van der Waals surface area contributed by atoms with Crippen LogP contribution in [0.1, 0.15) is 146 Å². The van der Waals surface area contributed by atoms with E-state index in [1.807, 2.05) is 27.7 Å². The highest BCUT2D eigenvalue weighted by atomic mass is 16.2. The third-order valence-electron chi connectivity index (χ3n) is 14.7. The van der Waals surface area contributed by atoms with E-state index in [0.29, 0.717) is 37.6 Å². The molecule has 9 atom stereocenters. The quantitative estimate of drug-likeness (QED) is 0.205. The zero-order valence-electron chi connectivity index (χ0n) is 35.1. The van der Waals surface area contributed by atoms with Gasteiger partial charge in [-0.2, -0.15) is 0 Å². The lowest BCUT2D eigenvalue weighted by molar-refractivity contribution is -0.146. The summed E-state index contributed by atoms with van der Waals surface area (Å²) in [5.74, 6) is -1.87. The Labute approximate surface area is 329 Å². The molecule has 5 amide bonds. The topological polar surface area (TPSA) is 157 Å². The summed E-state index contributed by atoms with van der Waals surface area (Å²) in [5, 5.41) is 12.0. The smallest absolute Gasteiger partial charge is 0.289 e. The monoisotopic (exact) mass is 767 g/mol. The second-order valence-electron chi connectivity index (χ2n) is 20.5. The number of likely N-dealkylation sites (tertiary alicyclic amines) is 2. The number of carbonyl (C=O) groups excluding carboxylic acids is 6. The summed E-state index contributed by atoms with van der Waals surface area (Å²) in [5.41, 5.74) is -1.01. The second-order valence-corrected chi connectivity index (χ2v) is 20.5. The van der Waals surface area contributed by atoms with Crippen LogP contribution in [-0.4, -0.2) is 100.0 Å². The standard InChI is InChI=1S/C43H70N6O6/c1-10-13-29(33(50)38(54)44-28-16-17-28)45-36(52)31-23-43(26(3)42(43)19-12-20-42)24-48(31)39(55)34(40(4,5)6)47-37(53)32(27-15-11-14-25(2)22-27)46-35(51)30-18-21-49(30)41(7,8)9/h25-32,34H,10-24H2,1-9H3,(H,44,54)(H,45,52)(H,46,51)(H,47,53)/t25?,26?,27?,29?,30?,31-,32-,34+,43+/m0/s1. The maximum absolute atomic E-state index is 15.1. The molecule has 0 aromatic heterocycles. The molecule has 4 N–H and O–H groups in total. The molecule has 55 heavy (non-hydrogen) atoms. The summed E-state index contributed by atoms with van der Waals surface area (Å²) >= 11 is 0. The van der Waals surface area contributed by atoms with Gasteiger partial charge >= 0.3 is 0 Å². The van der Waals surface area contributed by atoms with Crippen LogP contribution in [0, 0.1) is 34.0 Å². The molecule has 0 radical (unpaired) electrons. The maximum atomic E-state index is 15.1. The molecule has 0 bridgehead atoms. The molecule has 0 aromatic rings. The van der Waals surface area contributed by atoms with Gasteiger partial charge in [-0.15, -0.1) is 0 Å². The molecule has 2 spiro atoms. The fourth-order valence-corrected chi connectivity index (χ4v) is 11.0. The van der Waals surface area contributed by atoms with Crippen molar-refractivity contribution in [2.75, 3.05) is 13.1 Å². The van der Waals surface area contributed by atoms with Crippen molar-refractivity contribution in [2.24, 2.45) is 34.0 Å². The van der Waals surface area contributed by atoms with Gasteiger partial charge in [-0.3, -0.25) is 33.7 Å². The molecule has 2 heterocycles. The Morgan fingerprint density at radius 2 is 1.47 bits per heavy atom. The van der Waals surface area contributed by atoms with Crippen molar-refractivity contribution in [3.8, 4) is 0 Å². The first kappa shape index (κ1) is 41.6. The number of fused-ring (bicyclic) bond motifs is 1. The van der Waals surface area contributed by atoms with Gasteiger partial charge in [-0.05, 0) is 113 Å². The summed E-state index contributed by atoms with van der Waals surface area (Å²) < 4.78 is 0. The molecule has 2 aliphatic heterocycles. The van der Waals surface area contributed by atoms with E-state index >= 15 is 4.79 Å². The normalized spacial score (nSPS) is 31.7. The number of hydrogen-bond acceptors (Lipinski definition) is 7. The van der Waals surface area contributed by atoms with Gasteiger partial charge in [0.25, 0.3) is 5.91 Å². The number of rotatable bonds is 13. The lowest BCUT2D eigenvalue weighted by Gasteiger charge is -2.49. The van der Waals surface area contributed by atoms with Crippen LogP contribution in [0.2, 0.25) is 0 Å². The SMILES string of the molecule is CCCC(NC(=O)[C@@H]1C[C@@]2(CN1C(=O)[C@@H](NC(=O)[C@@H](NC(=O)C1CCN1C(C)(C)C)C1CCCC(C)C1)C(C)(C)C)C(C)C21CCC1)C(=O)C(=O)NC1CC1. The number of amides is 5. The number of Topliss-reactive ketones (excluding diaryl/α,β-unsaturated/α-hetero) is 1. The van der Waals surface area contributed by atoms with E-state index in [1.54, 1.807) is 4.90 Å². The van der Waals surface area contributed by atoms with Crippen LogP contribution in [-0.2, 0) is 28.8 Å². The fourth-order valence-electron chi connectivity index (χ4n) is 11.0. The largest absolute Gasteiger partial charge is 0.347 e. The second kappa shape index (κ2) is 15.4. The number of carbonyl (C=O) groups is 6. The van der Waals surface area contributed by atoms with Crippen molar-refractivity contribution in [1.29, 1.82) is 0 Å². The van der Waals surface area contributed by atoms with Crippen molar-refractivity contribution in [3.05, 3.63) is 0 Å². The first-order valence-electron chi connectivity index (χ1n) is 21.6. The Morgan fingerprint density at radius 3 is 1.98 bits per heavy atom. The molecule has 0 aromatic carbocycles. The average Bonchev–Trinajstić information content (AvgIpc) is 3.91. The van der Waals surface area contributed by atoms with Crippen LogP contribution >= 0.6 is 0 Å². The van der Waals surface area contributed by atoms with Crippen LogP contribution in [0.3, 0.4) is 0 Å². The van der Waals surface area contributed by atoms with E-state index in [4.69, 9.17) is 0 Å². The van der Waals surface area contributed by atoms with Crippen molar-refractivity contribution in [1.82, 2.24) is 31.1 Å². The first-order valence-corrected chi connectivity index (χ1v) is 21.6. The van der Waals surface area contributed by atoms with Gasteiger partial charge in [0, 0.05) is 24.7 Å². The predicted octanol–water partition coefficient (Wildman–Crippen LogP) is 4.24. The predicted molar refractivity (Wildman–Crippen MR) is 210 cm³/mol. The highest BCUT2D eigenvalue weighted by Crippen LogP contribution is 2.81. The summed E-state index contributed by atoms with van der Waals surface area (Å²) in [7, 11) is 0. The minimum atomic E-state index is -0.982. The average molecular weight is 767 g/mol. The molecular weight excluding hydrogens is 697 g/mol. The number of hydrogen-bond donors (Lipinski definition) is 4. The van der Waals surface area contributed by atoms with Crippen molar-refractivity contribution >= 4 is 35.3 Å². The van der Waals surface area contributed by atoms with Crippen molar-refractivity contribution < 1.29 is 28.8 Å². The zero-order valence-corrected chi connectivity index (χ0v) is 35.1. The molecule has 4 saturated carbocycles. The van der Waals surface area contributed by atoms with Gasteiger partial charge in [0.2, 0.25) is 29.4 Å². The van der Waals surface area contributed by atoms with Crippen LogP contribution in [0.15, 0.2) is 0 Å². The molecule has 4 aliphatic carbocycles. The van der Waals surface area contributed by atoms with E-state index in [9.17, 15) is 24.0 Å². The van der Waals surface area contributed by atoms with Crippen LogP contribution in [0.4, 0.5) is 0 Å². The van der Waals surface area contributed by atoms with Gasteiger partial charge in [0.05, 0.1) is 12.1 Å². The summed E-state index contributed by atoms with van der Waals surface area (Å²) in [6, 6.07) is -3.87. The zero-order chi connectivity index (χ0) is 40.2. The molecule has 12 nitrogen and oxygen atoms in total. The Bertz CT molecular complexity index is 1530. The Hall–Kier alpha value is -3.02. The Balaban J connectivity index is 1.24. The van der Waals surface area contributed by atoms with Gasteiger partial charge in [-0.25, -0.2) is 0 Å². The van der Waals surface area contributed by atoms with Gasteiger partial charge < -0.3 is 26.2 Å².